The fourth-order valence-corrected chi connectivity index (χ4v) is 3.89. The fourth-order valence-electron chi connectivity index (χ4n) is 2.63. The van der Waals surface area contributed by atoms with Crippen LogP contribution < -0.4 is 5.32 Å². The average Bonchev–Trinajstić information content (AvgIpc) is 3.27. The molecule has 1 unspecified atom stereocenters. The predicted molar refractivity (Wildman–Crippen MR) is 98.9 cm³/mol. The van der Waals surface area contributed by atoms with E-state index in [1.807, 2.05) is 0 Å². The lowest BCUT2D eigenvalue weighted by atomic mass is 10.4. The first-order chi connectivity index (χ1) is 14.0. The fraction of sp³-hybridized carbons (Fsp3) is 0.467. The van der Waals surface area contributed by atoms with E-state index in [1.54, 1.807) is 30.4 Å². The number of carbonyl (C=O) groups excluding carboxylic acids is 1. The standard InChI is InChI=1S/C15H19F3N7O4P/c1-10(29-9-30(27,28)25-4-3-23(2)8-25)5-24-7-21-11-12(19-6-20-13(11)24)22-14(26)15(16,17)18/h3-4,6-7,10H,5,8-9H2,1-2H3,(H,27,28)(H,19,20,22,26)/t10-/m1/s1. The molecule has 0 spiro atoms. The molecule has 164 valence electrons. The largest absolute Gasteiger partial charge is 0.471 e. The van der Waals surface area contributed by atoms with E-state index in [2.05, 4.69) is 15.0 Å². The molecule has 11 nitrogen and oxygen atoms in total. The number of nitrogens with zero attached hydrogens (tertiary/aromatic N) is 6. The van der Waals surface area contributed by atoms with Crippen molar-refractivity contribution in [3.63, 3.8) is 0 Å². The summed E-state index contributed by atoms with van der Waals surface area (Å²) in [7, 11) is -1.97. The summed E-state index contributed by atoms with van der Waals surface area (Å²) >= 11 is 0. The predicted octanol–water partition coefficient (Wildman–Crippen LogP) is 1.55. The molecule has 0 bridgehead atoms. The van der Waals surface area contributed by atoms with Gasteiger partial charge in [-0.2, -0.15) is 13.2 Å². The highest BCUT2D eigenvalue weighted by Gasteiger charge is 2.39. The van der Waals surface area contributed by atoms with Gasteiger partial charge in [-0.3, -0.25) is 14.0 Å². The molecule has 2 aromatic heterocycles. The highest BCUT2D eigenvalue weighted by molar-refractivity contribution is 7.55. The third-order valence-corrected chi connectivity index (χ3v) is 5.68. The van der Waals surface area contributed by atoms with Crippen LogP contribution in [-0.4, -0.2) is 72.2 Å². The summed E-state index contributed by atoms with van der Waals surface area (Å²) in [5, 5.41) is 1.66. The van der Waals surface area contributed by atoms with Crippen molar-refractivity contribution >= 4 is 30.4 Å². The van der Waals surface area contributed by atoms with E-state index in [1.165, 1.54) is 21.8 Å². The maximum absolute atomic E-state index is 12.5. The van der Waals surface area contributed by atoms with Gasteiger partial charge in [0.25, 0.3) is 0 Å². The Morgan fingerprint density at radius 2 is 2.10 bits per heavy atom. The number of halogens is 3. The van der Waals surface area contributed by atoms with E-state index < -0.39 is 32.1 Å². The van der Waals surface area contributed by atoms with Crippen molar-refractivity contribution in [3.05, 3.63) is 25.1 Å². The first kappa shape index (κ1) is 22.0. The maximum Gasteiger partial charge on any atom is 0.471 e. The zero-order valence-electron chi connectivity index (χ0n) is 15.9. The molecule has 1 aliphatic heterocycles. The minimum Gasteiger partial charge on any atom is -0.365 e. The van der Waals surface area contributed by atoms with Gasteiger partial charge in [-0.1, -0.05) is 0 Å². The van der Waals surface area contributed by atoms with Gasteiger partial charge in [0, 0.05) is 19.4 Å². The second-order valence-corrected chi connectivity index (χ2v) is 8.75. The smallest absolute Gasteiger partial charge is 0.365 e. The van der Waals surface area contributed by atoms with Crippen molar-refractivity contribution in [2.75, 3.05) is 25.4 Å². The normalized spacial score (nSPS) is 17.4. The van der Waals surface area contributed by atoms with Crippen LogP contribution in [0.25, 0.3) is 11.2 Å². The molecule has 0 aliphatic carbocycles. The number of anilines is 1. The summed E-state index contributed by atoms with van der Waals surface area (Å²) in [5.41, 5.74) is 0.148. The van der Waals surface area contributed by atoms with Crippen molar-refractivity contribution < 1.29 is 32.2 Å². The summed E-state index contributed by atoms with van der Waals surface area (Å²) < 4.78 is 58.1. The van der Waals surface area contributed by atoms with E-state index >= 15 is 0 Å². The number of fused-ring (bicyclic) bond motifs is 1. The van der Waals surface area contributed by atoms with Gasteiger partial charge in [-0.15, -0.1) is 0 Å². The quantitative estimate of drug-likeness (QED) is 0.606. The lowest BCUT2D eigenvalue weighted by Crippen LogP contribution is -2.30. The molecule has 0 fully saturated rings. The van der Waals surface area contributed by atoms with Crippen molar-refractivity contribution in [3.8, 4) is 0 Å². The zero-order valence-corrected chi connectivity index (χ0v) is 16.8. The van der Waals surface area contributed by atoms with Crippen molar-refractivity contribution in [1.29, 1.82) is 0 Å². The van der Waals surface area contributed by atoms with Crippen LogP contribution in [0.3, 0.4) is 0 Å². The second-order valence-electron chi connectivity index (χ2n) is 6.65. The number of amides is 1. The van der Waals surface area contributed by atoms with Crippen LogP contribution >= 0.6 is 7.52 Å². The zero-order chi connectivity index (χ0) is 22.1. The van der Waals surface area contributed by atoms with Crippen LogP contribution in [0.5, 0.6) is 0 Å². The minimum atomic E-state index is -5.07. The Kier molecular flexibility index (Phi) is 6.01. The number of imidazole rings is 1. The Hall–Kier alpha value is -2.70. The van der Waals surface area contributed by atoms with Crippen molar-refractivity contribution in [2.45, 2.75) is 25.7 Å². The Bertz CT molecular complexity index is 1010. The summed E-state index contributed by atoms with van der Waals surface area (Å²) in [6.45, 7) is 2.07. The van der Waals surface area contributed by atoms with E-state index in [0.29, 0.717) is 0 Å². The van der Waals surface area contributed by atoms with Crippen LogP contribution in [0.2, 0.25) is 0 Å². The molecule has 0 radical (unpaired) electrons. The van der Waals surface area contributed by atoms with Gasteiger partial charge in [0.05, 0.1) is 25.6 Å². The van der Waals surface area contributed by atoms with Gasteiger partial charge in [-0.25, -0.2) is 15.0 Å². The average molecular weight is 449 g/mol. The van der Waals surface area contributed by atoms with Crippen LogP contribution in [0.4, 0.5) is 19.0 Å². The first-order valence-corrected chi connectivity index (χ1v) is 10.4. The van der Waals surface area contributed by atoms with Crippen LogP contribution in [0, 0.1) is 0 Å². The van der Waals surface area contributed by atoms with Crippen LogP contribution in [0.15, 0.2) is 25.1 Å². The van der Waals surface area contributed by atoms with Gasteiger partial charge < -0.3 is 24.4 Å². The number of aromatic nitrogens is 4. The summed E-state index contributed by atoms with van der Waals surface area (Å²) in [4.78, 5) is 34.6. The summed E-state index contributed by atoms with van der Waals surface area (Å²) in [6, 6.07) is 0. The third-order valence-electron chi connectivity index (χ3n) is 4.13. The van der Waals surface area contributed by atoms with E-state index in [9.17, 15) is 27.4 Å². The SMILES string of the molecule is C[C@H](Cn1cnc2c(NC(=O)C(F)(F)F)ncnc21)OCP(=O)(O)N1C=CN(C)C1. The summed E-state index contributed by atoms with van der Waals surface area (Å²) in [6.07, 6.45) is -0.559. The number of ether oxygens (including phenoxy) is 1. The number of hydrogen-bond donors (Lipinski definition) is 2. The highest BCUT2D eigenvalue weighted by atomic mass is 31.2. The van der Waals surface area contributed by atoms with Gasteiger partial charge in [0.1, 0.15) is 12.7 Å². The third kappa shape index (κ3) is 4.89. The molecule has 1 aliphatic rings. The van der Waals surface area contributed by atoms with Crippen molar-refractivity contribution in [1.82, 2.24) is 29.1 Å². The molecular formula is C15H19F3N7O4P. The Balaban J connectivity index is 1.66. The molecule has 0 saturated heterocycles. The molecule has 3 heterocycles. The number of carbonyl (C=O) groups is 1. The van der Waals surface area contributed by atoms with Gasteiger partial charge in [0.2, 0.25) is 0 Å². The van der Waals surface area contributed by atoms with Crippen LogP contribution in [-0.2, 0) is 20.6 Å². The van der Waals surface area contributed by atoms with Crippen molar-refractivity contribution in [2.24, 2.45) is 0 Å². The molecular weight excluding hydrogens is 430 g/mol. The molecule has 15 heteroatoms. The molecule has 0 saturated carbocycles. The Morgan fingerprint density at radius 1 is 1.37 bits per heavy atom. The van der Waals surface area contributed by atoms with E-state index in [-0.39, 0.29) is 30.2 Å². The topological polar surface area (TPSA) is 126 Å². The lowest BCUT2D eigenvalue weighted by Gasteiger charge is -2.25. The number of alkyl halides is 3. The monoisotopic (exact) mass is 449 g/mol. The lowest BCUT2D eigenvalue weighted by molar-refractivity contribution is -0.167. The van der Waals surface area contributed by atoms with Gasteiger partial charge in [-0.05, 0) is 6.92 Å². The molecule has 2 N–H and O–H groups in total. The number of nitrogens with one attached hydrogen (secondary N) is 1. The molecule has 1 amide bonds. The summed E-state index contributed by atoms with van der Waals surface area (Å²) in [5.74, 6) is -2.55. The minimum absolute atomic E-state index is 0.0274. The second kappa shape index (κ2) is 8.20. The molecule has 30 heavy (non-hydrogen) atoms. The van der Waals surface area contributed by atoms with Gasteiger partial charge >= 0.3 is 19.6 Å². The Labute approximate surface area is 168 Å². The highest BCUT2D eigenvalue weighted by Crippen LogP contribution is 2.46. The number of rotatable bonds is 7. The first-order valence-electron chi connectivity index (χ1n) is 8.60. The van der Waals surface area contributed by atoms with Gasteiger partial charge in [0.15, 0.2) is 17.0 Å². The van der Waals surface area contributed by atoms with E-state index in [4.69, 9.17) is 4.74 Å². The number of hydrogen-bond acceptors (Lipinski definition) is 7. The molecule has 3 rings (SSSR count). The molecule has 0 aromatic carbocycles. The van der Waals surface area contributed by atoms with E-state index in [0.717, 1.165) is 6.33 Å². The van der Waals surface area contributed by atoms with Crippen LogP contribution in [0.1, 0.15) is 6.92 Å². The Morgan fingerprint density at radius 3 is 2.73 bits per heavy atom. The molecule has 2 atom stereocenters. The maximum atomic E-state index is 12.5. The molecule has 2 aromatic rings.